The normalized spacial score (nSPS) is 15.7. The Morgan fingerprint density at radius 1 is 1.05 bits per heavy atom. The summed E-state index contributed by atoms with van der Waals surface area (Å²) in [5.41, 5.74) is 14.3. The minimum absolute atomic E-state index is 0. The average molecular weight is 818 g/mol. The molecule has 0 aliphatic carbocycles. The number of carbonyl (C=O) groups excluding carboxylic acids is 1. The Labute approximate surface area is 277 Å². The zero-order chi connectivity index (χ0) is 31.4. The molecule has 2 fully saturated rings. The summed E-state index contributed by atoms with van der Waals surface area (Å²) >= 11 is 0. The van der Waals surface area contributed by atoms with Crippen LogP contribution in [0.3, 0.4) is 0 Å². The molecule has 2 aliphatic rings. The van der Waals surface area contributed by atoms with E-state index in [9.17, 15) is 9.59 Å². The van der Waals surface area contributed by atoms with Crippen LogP contribution in [0.2, 0.25) is 0 Å². The van der Waals surface area contributed by atoms with Gasteiger partial charge in [0.1, 0.15) is 11.5 Å². The number of ether oxygens (including phenoxy) is 3. The second kappa shape index (κ2) is 17.3. The number of rotatable bonds is 6. The molecule has 43 heavy (non-hydrogen) atoms. The van der Waals surface area contributed by atoms with Crippen LogP contribution in [0.5, 0.6) is 0 Å². The predicted octanol–water partition coefficient (Wildman–Crippen LogP) is 1.92. The third-order valence-corrected chi connectivity index (χ3v) is 6.94. The number of aromatic nitrogens is 5. The molecule has 0 atom stereocenters. The molecule has 2 saturated heterocycles. The van der Waals surface area contributed by atoms with E-state index < -0.39 is 5.97 Å². The summed E-state index contributed by atoms with van der Waals surface area (Å²) < 4.78 is 22.6. The van der Waals surface area contributed by atoms with E-state index in [1.165, 1.54) is 6.08 Å². The van der Waals surface area contributed by atoms with Crippen molar-refractivity contribution in [3.05, 3.63) is 45.5 Å². The van der Waals surface area contributed by atoms with Crippen LogP contribution in [-0.4, -0.2) is 79.3 Å². The van der Waals surface area contributed by atoms with Crippen molar-refractivity contribution in [3.8, 4) is 0 Å². The van der Waals surface area contributed by atoms with Gasteiger partial charge in [0.05, 0.1) is 18.0 Å². The fraction of sp³-hybridized carbons (Fsp3) is 0.500. The third kappa shape index (κ3) is 9.76. The number of nitrogen functional groups attached to an aromatic ring is 2. The Kier molecular flexibility index (Phi) is 13.9. The molecule has 0 spiro atoms. The van der Waals surface area contributed by atoms with E-state index in [0.29, 0.717) is 37.0 Å². The van der Waals surface area contributed by atoms with Gasteiger partial charge in [-0.1, -0.05) is 0 Å². The van der Waals surface area contributed by atoms with Gasteiger partial charge in [-0.05, 0) is 59.9 Å². The average Bonchev–Trinajstić information content (AvgIpc) is 2.99. The van der Waals surface area contributed by atoms with Crippen LogP contribution in [0.25, 0.3) is 17.1 Å². The van der Waals surface area contributed by atoms with Gasteiger partial charge in [-0.2, -0.15) is 9.97 Å². The Hall–Kier alpha value is -2.98. The molecule has 0 amide bonds. The summed E-state index contributed by atoms with van der Waals surface area (Å²) in [6.07, 6.45) is 6.49. The van der Waals surface area contributed by atoms with Gasteiger partial charge in [0.2, 0.25) is 11.9 Å². The van der Waals surface area contributed by atoms with E-state index in [4.69, 9.17) is 27.0 Å². The van der Waals surface area contributed by atoms with Crippen LogP contribution in [0.15, 0.2) is 23.0 Å². The molecular formula is C28H39BN8O5U. The number of anilines is 3. The number of carbonyl (C=O) groups is 1. The quantitative estimate of drug-likeness (QED) is 0.187. The van der Waals surface area contributed by atoms with E-state index in [0.717, 1.165) is 55.5 Å². The van der Waals surface area contributed by atoms with Gasteiger partial charge in [0.25, 0.3) is 5.56 Å². The first-order valence-corrected chi connectivity index (χ1v) is 13.8. The summed E-state index contributed by atoms with van der Waals surface area (Å²) in [6, 6.07) is 3.74. The van der Waals surface area contributed by atoms with Crippen LogP contribution < -0.4 is 22.3 Å². The molecule has 0 unspecified atom stereocenters. The number of nitrogens with two attached hydrogens (primary N) is 2. The molecule has 3 aromatic rings. The number of aryl methyl sites for hydroxylation is 2. The molecule has 0 aromatic carbocycles. The van der Waals surface area contributed by atoms with E-state index in [1.54, 1.807) is 29.7 Å². The van der Waals surface area contributed by atoms with Gasteiger partial charge in [-0.25, -0.2) is 14.8 Å². The molecule has 2 aliphatic heterocycles. The predicted molar refractivity (Wildman–Crippen MR) is 163 cm³/mol. The van der Waals surface area contributed by atoms with Crippen molar-refractivity contribution < 1.29 is 50.1 Å². The first-order valence-electron chi connectivity index (χ1n) is 14.4. The van der Waals surface area contributed by atoms with Crippen molar-refractivity contribution in [3.63, 3.8) is 0 Å². The number of esters is 1. The van der Waals surface area contributed by atoms with Crippen LogP contribution >= 0.6 is 0 Å². The zero-order valence-corrected chi connectivity index (χ0v) is 29.0. The second-order valence-electron chi connectivity index (χ2n) is 9.84. The van der Waals surface area contributed by atoms with E-state index in [1.807, 2.05) is 13.8 Å². The molecule has 0 bridgehead atoms. The van der Waals surface area contributed by atoms with E-state index in [-0.39, 0.29) is 60.7 Å². The van der Waals surface area contributed by atoms with Crippen molar-refractivity contribution in [1.29, 1.82) is 1.34 Å². The molecule has 5 N–H and O–H groups in total. The molecule has 5 rings (SSSR count). The van der Waals surface area contributed by atoms with Gasteiger partial charge in [-0.3, -0.25) is 9.36 Å². The summed E-state index contributed by atoms with van der Waals surface area (Å²) in [5.74, 6) is 0.657. The van der Waals surface area contributed by atoms with E-state index in [2.05, 4.69) is 33.6 Å². The number of hydrogen-bond acceptors (Lipinski definition) is 12. The first-order chi connectivity index (χ1) is 20.8. The fourth-order valence-corrected chi connectivity index (χ4v) is 4.89. The molecule has 2 radical (unpaired) electrons. The Morgan fingerprint density at radius 3 is 2.30 bits per heavy atom. The number of nitrogens with one attached hydrogen (secondary N) is 1. The fourth-order valence-electron chi connectivity index (χ4n) is 4.89. The smallest absolute Gasteiger partial charge is 0.330 e. The largest absolute Gasteiger partial charge is 0.463 e. The number of pyridine rings is 1. The van der Waals surface area contributed by atoms with Crippen molar-refractivity contribution in [2.75, 3.05) is 49.8 Å². The summed E-state index contributed by atoms with van der Waals surface area (Å²) in [6.45, 7) is 8.61. The Bertz CT molecular complexity index is 1470. The molecular weight excluding hydrogens is 777 g/mol. The van der Waals surface area contributed by atoms with Crippen molar-refractivity contribution in [2.24, 2.45) is 0 Å². The van der Waals surface area contributed by atoms with Crippen LogP contribution in [-0.2, 0) is 19.0 Å². The molecule has 13 nitrogen and oxygen atoms in total. The molecule has 3 aromatic heterocycles. The minimum atomic E-state index is -0.393. The summed E-state index contributed by atoms with van der Waals surface area (Å²) in [5, 5.41) is 4.25. The van der Waals surface area contributed by atoms with Crippen LogP contribution in [0.4, 0.5) is 17.7 Å². The van der Waals surface area contributed by atoms with Crippen molar-refractivity contribution in [2.45, 2.75) is 58.5 Å². The van der Waals surface area contributed by atoms with Crippen LogP contribution in [0.1, 0.15) is 55.6 Å². The summed E-state index contributed by atoms with van der Waals surface area (Å²) in [7, 11) is 3.75. The van der Waals surface area contributed by atoms with Gasteiger partial charge in [-0.15, -0.1) is 0 Å². The number of fused-ring (bicyclic) bond motifs is 1. The molecule has 15 heteroatoms. The molecule has 5 heterocycles. The topological polar surface area (TPSA) is 182 Å². The monoisotopic (exact) mass is 817 g/mol. The summed E-state index contributed by atoms with van der Waals surface area (Å²) in [4.78, 5) is 40.5. The molecule has 0 saturated carbocycles. The standard InChI is InChI=1S/C15H22N4O3.C13H16N4O2.BH.U/c1-3-22-13(20)5-4-12-10(2)17-15(16)19-14(12)18-11-6-8-21-9-7-11;1-8-10-2-3-11(18)17(9-4-6-19-7-5-9)12(10)16-13(14)15-8;;/h4-5,11H,3,6-9H2,1-2H3,(H3,16,17,18,19);2-3,9H,4-7H2,1H3,(H2,14,15,16);1H;/b5-4+;;;/i;;1D;. The Balaban J connectivity index is 0.000000286. The minimum Gasteiger partial charge on any atom is -0.463 e. The maximum Gasteiger partial charge on any atom is 0.330 e. The van der Waals surface area contributed by atoms with Gasteiger partial charge in [0.15, 0.2) is 0 Å². The van der Waals surface area contributed by atoms with E-state index >= 15 is 0 Å². The Morgan fingerprint density at radius 2 is 1.65 bits per heavy atom. The SMILES string of the molecule is CCOC(=O)/C=C/c1c(C)nc(N)nc1NC1CCOCC1.Cc1nc(N)nc2c1ccc(=O)n2C1CCOCC1.[2H][B].[U]. The number of nitrogens with zero attached hydrogens (tertiary/aromatic N) is 5. The third-order valence-electron chi connectivity index (χ3n) is 6.94. The molecule has 228 valence electrons. The van der Waals surface area contributed by atoms with Crippen LogP contribution in [0, 0.1) is 45.0 Å². The number of hydrogen-bond donors (Lipinski definition) is 3. The van der Waals surface area contributed by atoms with Gasteiger partial charge in [0, 0.05) is 101 Å². The van der Waals surface area contributed by atoms with Gasteiger partial charge >= 0.3 is 5.97 Å². The van der Waals surface area contributed by atoms with Gasteiger partial charge < -0.3 is 31.0 Å². The van der Waals surface area contributed by atoms with Crippen molar-refractivity contribution in [1.82, 2.24) is 24.5 Å². The van der Waals surface area contributed by atoms with Crippen molar-refractivity contribution >= 4 is 49.2 Å². The first kappa shape index (κ1) is 34.5. The zero-order valence-electron chi connectivity index (χ0n) is 25.8. The maximum absolute atomic E-state index is 12.2. The maximum atomic E-state index is 12.2. The second-order valence-corrected chi connectivity index (χ2v) is 9.84.